The third kappa shape index (κ3) is 5.47. The van der Waals surface area contributed by atoms with Crippen molar-refractivity contribution >= 4 is 24.2 Å². The summed E-state index contributed by atoms with van der Waals surface area (Å²) in [5.74, 6) is 0.799. The van der Waals surface area contributed by atoms with Crippen molar-refractivity contribution in [2.24, 2.45) is 23.3 Å². The van der Waals surface area contributed by atoms with Crippen LogP contribution in [0.15, 0.2) is 0 Å². The van der Waals surface area contributed by atoms with Gasteiger partial charge in [0.2, 0.25) is 11.8 Å². The first-order valence-corrected chi connectivity index (χ1v) is 7.88. The normalized spacial score (nSPS) is 29.0. The number of hydrogen-bond acceptors (Lipinski definition) is 3. The molecule has 5 nitrogen and oxygen atoms in total. The summed E-state index contributed by atoms with van der Waals surface area (Å²) < 4.78 is 0. The van der Waals surface area contributed by atoms with Gasteiger partial charge in [-0.3, -0.25) is 9.59 Å². The van der Waals surface area contributed by atoms with E-state index in [0.717, 1.165) is 51.6 Å². The topological polar surface area (TPSA) is 89.4 Å². The maximum Gasteiger partial charge on any atom is 0.222 e. The summed E-state index contributed by atoms with van der Waals surface area (Å²) in [6, 6.07) is 0.203. The van der Waals surface area contributed by atoms with E-state index in [1.165, 1.54) is 0 Å². The van der Waals surface area contributed by atoms with Crippen LogP contribution < -0.4 is 11.5 Å². The van der Waals surface area contributed by atoms with Crippen LogP contribution in [0.5, 0.6) is 0 Å². The molecule has 1 aliphatic carbocycles. The number of rotatable bonds is 5. The molecule has 0 aromatic rings. The standard InChI is InChI=1S/C15H27N3O2.ClH/c16-13-5-1-4-12(13)9-15(20)18-8-2-3-11(10-18)6-7-14(17)19;/h11-13H,1-10,16H2,(H2,17,19);1H/t11?,12-,13+;/m0./s1. The molecule has 2 amide bonds. The quantitative estimate of drug-likeness (QED) is 0.803. The molecule has 0 bridgehead atoms. The van der Waals surface area contributed by atoms with Crippen molar-refractivity contribution in [3.63, 3.8) is 0 Å². The first-order chi connectivity index (χ1) is 9.56. The Hall–Kier alpha value is -0.810. The minimum Gasteiger partial charge on any atom is -0.370 e. The Morgan fingerprint density at radius 3 is 2.52 bits per heavy atom. The highest BCUT2D eigenvalue weighted by atomic mass is 35.5. The number of likely N-dealkylation sites (tertiary alicyclic amines) is 1. The summed E-state index contributed by atoms with van der Waals surface area (Å²) in [5.41, 5.74) is 11.2. The SMILES string of the molecule is Cl.NC(=O)CCC1CCCN(C(=O)C[C@@H]2CCC[C@H]2N)C1. The molecule has 1 aliphatic heterocycles. The van der Waals surface area contributed by atoms with Gasteiger partial charge in [-0.1, -0.05) is 6.42 Å². The van der Waals surface area contributed by atoms with Crippen LogP contribution in [0, 0.1) is 11.8 Å². The van der Waals surface area contributed by atoms with Gasteiger partial charge < -0.3 is 16.4 Å². The molecule has 0 aromatic heterocycles. The number of piperidine rings is 1. The van der Waals surface area contributed by atoms with Crippen molar-refractivity contribution in [1.29, 1.82) is 0 Å². The van der Waals surface area contributed by atoms with Gasteiger partial charge in [0.05, 0.1) is 0 Å². The van der Waals surface area contributed by atoms with Gasteiger partial charge in [0.15, 0.2) is 0 Å². The molecule has 0 aromatic carbocycles. The second kappa shape index (κ2) is 8.59. The zero-order chi connectivity index (χ0) is 14.5. The molecule has 6 heteroatoms. The number of carbonyl (C=O) groups is 2. The number of nitrogens with zero attached hydrogens (tertiary/aromatic N) is 1. The van der Waals surface area contributed by atoms with Crippen molar-refractivity contribution in [3.05, 3.63) is 0 Å². The second-order valence-corrected chi connectivity index (χ2v) is 6.41. The Morgan fingerprint density at radius 1 is 1.14 bits per heavy atom. The zero-order valence-electron chi connectivity index (χ0n) is 12.6. The van der Waals surface area contributed by atoms with Crippen molar-refractivity contribution in [1.82, 2.24) is 4.90 Å². The number of amides is 2. The highest BCUT2D eigenvalue weighted by Gasteiger charge is 2.30. The van der Waals surface area contributed by atoms with Gasteiger partial charge in [-0.2, -0.15) is 0 Å². The molecule has 1 heterocycles. The fourth-order valence-electron chi connectivity index (χ4n) is 3.55. The molecule has 122 valence electrons. The lowest BCUT2D eigenvalue weighted by atomic mass is 9.92. The van der Waals surface area contributed by atoms with Gasteiger partial charge in [0, 0.05) is 32.0 Å². The monoisotopic (exact) mass is 317 g/mol. The molecule has 1 unspecified atom stereocenters. The third-order valence-electron chi connectivity index (χ3n) is 4.83. The summed E-state index contributed by atoms with van der Waals surface area (Å²) in [7, 11) is 0. The predicted octanol–water partition coefficient (Wildman–Crippen LogP) is 1.43. The first kappa shape index (κ1) is 18.2. The Morgan fingerprint density at radius 2 is 1.90 bits per heavy atom. The fourth-order valence-corrected chi connectivity index (χ4v) is 3.55. The molecular weight excluding hydrogens is 290 g/mol. The molecule has 1 saturated carbocycles. The van der Waals surface area contributed by atoms with Crippen LogP contribution in [0.4, 0.5) is 0 Å². The van der Waals surface area contributed by atoms with Gasteiger partial charge in [0.1, 0.15) is 0 Å². The maximum absolute atomic E-state index is 12.4. The van der Waals surface area contributed by atoms with Crippen molar-refractivity contribution in [2.45, 2.75) is 57.4 Å². The minimum absolute atomic E-state index is 0. The van der Waals surface area contributed by atoms with E-state index in [9.17, 15) is 9.59 Å². The van der Waals surface area contributed by atoms with Crippen LogP contribution in [0.25, 0.3) is 0 Å². The Bertz CT molecular complexity index is 365. The van der Waals surface area contributed by atoms with E-state index < -0.39 is 0 Å². The summed E-state index contributed by atoms with van der Waals surface area (Å²) >= 11 is 0. The Balaban J connectivity index is 0.00000220. The van der Waals surface area contributed by atoms with Crippen molar-refractivity contribution in [2.75, 3.05) is 13.1 Å². The molecule has 0 radical (unpaired) electrons. The number of carbonyl (C=O) groups excluding carboxylic acids is 2. The van der Waals surface area contributed by atoms with E-state index in [1.807, 2.05) is 4.90 Å². The molecule has 2 fully saturated rings. The van der Waals surface area contributed by atoms with Crippen molar-refractivity contribution < 1.29 is 9.59 Å². The van der Waals surface area contributed by atoms with Crippen LogP contribution in [-0.4, -0.2) is 35.8 Å². The molecule has 2 rings (SSSR count). The molecule has 2 aliphatic rings. The van der Waals surface area contributed by atoms with E-state index in [1.54, 1.807) is 0 Å². The average Bonchev–Trinajstić information content (AvgIpc) is 2.82. The van der Waals surface area contributed by atoms with Crippen LogP contribution in [-0.2, 0) is 9.59 Å². The zero-order valence-corrected chi connectivity index (χ0v) is 13.4. The van der Waals surface area contributed by atoms with Gasteiger partial charge in [-0.05, 0) is 43.9 Å². The lowest BCUT2D eigenvalue weighted by Crippen LogP contribution is -2.41. The number of hydrogen-bond donors (Lipinski definition) is 2. The lowest BCUT2D eigenvalue weighted by molar-refractivity contribution is -0.134. The van der Waals surface area contributed by atoms with E-state index in [2.05, 4.69) is 0 Å². The predicted molar refractivity (Wildman–Crippen MR) is 84.9 cm³/mol. The summed E-state index contributed by atoms with van der Waals surface area (Å²) in [5, 5.41) is 0. The van der Waals surface area contributed by atoms with Gasteiger partial charge in [0.25, 0.3) is 0 Å². The number of halogens is 1. The summed E-state index contributed by atoms with van der Waals surface area (Å²) in [6.07, 6.45) is 7.27. The van der Waals surface area contributed by atoms with E-state index in [-0.39, 0.29) is 30.3 Å². The Kier molecular flexibility index (Phi) is 7.46. The minimum atomic E-state index is -0.245. The summed E-state index contributed by atoms with van der Waals surface area (Å²) in [6.45, 7) is 1.64. The molecule has 21 heavy (non-hydrogen) atoms. The number of nitrogens with two attached hydrogens (primary N) is 2. The highest BCUT2D eigenvalue weighted by Crippen LogP contribution is 2.28. The molecule has 0 spiro atoms. The Labute approximate surface area is 133 Å². The van der Waals surface area contributed by atoms with Gasteiger partial charge in [-0.25, -0.2) is 0 Å². The molecular formula is C15H28ClN3O2. The average molecular weight is 318 g/mol. The smallest absolute Gasteiger partial charge is 0.222 e. The second-order valence-electron chi connectivity index (χ2n) is 6.41. The fraction of sp³-hybridized carbons (Fsp3) is 0.867. The largest absolute Gasteiger partial charge is 0.370 e. The van der Waals surface area contributed by atoms with Crippen molar-refractivity contribution in [3.8, 4) is 0 Å². The molecule has 4 N–H and O–H groups in total. The molecule has 1 saturated heterocycles. The van der Waals surface area contributed by atoms with Crippen LogP contribution >= 0.6 is 12.4 Å². The van der Waals surface area contributed by atoms with Gasteiger partial charge >= 0.3 is 0 Å². The van der Waals surface area contributed by atoms with E-state index >= 15 is 0 Å². The summed E-state index contributed by atoms with van der Waals surface area (Å²) in [4.78, 5) is 25.2. The maximum atomic E-state index is 12.4. The van der Waals surface area contributed by atoms with E-state index in [4.69, 9.17) is 11.5 Å². The van der Waals surface area contributed by atoms with Crippen LogP contribution in [0.1, 0.15) is 51.4 Å². The molecule has 3 atom stereocenters. The van der Waals surface area contributed by atoms with E-state index in [0.29, 0.717) is 24.7 Å². The van der Waals surface area contributed by atoms with Crippen LogP contribution in [0.3, 0.4) is 0 Å². The third-order valence-corrected chi connectivity index (χ3v) is 4.83. The highest BCUT2D eigenvalue weighted by molar-refractivity contribution is 5.85. The van der Waals surface area contributed by atoms with Crippen LogP contribution in [0.2, 0.25) is 0 Å². The lowest BCUT2D eigenvalue weighted by Gasteiger charge is -2.33. The van der Waals surface area contributed by atoms with Gasteiger partial charge in [-0.15, -0.1) is 12.4 Å². The first-order valence-electron chi connectivity index (χ1n) is 7.88. The number of primary amides is 1.